The molecule has 1 amide bonds. The van der Waals surface area contributed by atoms with Gasteiger partial charge in [0.2, 0.25) is 5.91 Å². The molecule has 1 aliphatic heterocycles. The van der Waals surface area contributed by atoms with Crippen LogP contribution in [0.2, 0.25) is 10.0 Å². The Balaban J connectivity index is 1.03. The second kappa shape index (κ2) is 14.8. The number of pyridine rings is 1. The number of carbonyl (C=O) groups excluding carboxylic acids is 1. The number of amides is 1. The molecule has 0 unspecified atom stereocenters. The normalized spacial score (nSPS) is 24.9. The number of unbranched alkanes of at least 4 members (excludes halogenated alkanes) is 1. The van der Waals surface area contributed by atoms with E-state index in [1.54, 1.807) is 6.20 Å². The van der Waals surface area contributed by atoms with Crippen LogP contribution in [0.25, 0.3) is 11.1 Å². The van der Waals surface area contributed by atoms with Gasteiger partial charge in [0, 0.05) is 40.0 Å². The summed E-state index contributed by atoms with van der Waals surface area (Å²) < 4.78 is 17.9. The van der Waals surface area contributed by atoms with Crippen molar-refractivity contribution in [3.63, 3.8) is 0 Å². The van der Waals surface area contributed by atoms with Crippen LogP contribution in [0.15, 0.2) is 54.9 Å². The topological polar surface area (TPSA) is 151 Å². The summed E-state index contributed by atoms with van der Waals surface area (Å²) in [6.45, 7) is -0.292. The Kier molecular flexibility index (Phi) is 10.7. The van der Waals surface area contributed by atoms with Crippen LogP contribution < -0.4 is 10.1 Å². The maximum atomic E-state index is 12.5. The van der Waals surface area contributed by atoms with E-state index in [0.717, 1.165) is 59.3 Å². The average molecular weight is 688 g/mol. The van der Waals surface area contributed by atoms with Gasteiger partial charge >= 0.3 is 0 Å². The zero-order valence-electron chi connectivity index (χ0n) is 25.9. The van der Waals surface area contributed by atoms with Gasteiger partial charge in [0.25, 0.3) is 0 Å². The van der Waals surface area contributed by atoms with Crippen LogP contribution >= 0.6 is 23.2 Å². The Labute approximate surface area is 283 Å². The number of benzene rings is 2. The fourth-order valence-electron chi connectivity index (χ4n) is 6.01. The number of halogens is 2. The number of carbonyl (C=O) groups is 1. The molecule has 47 heavy (non-hydrogen) atoms. The third kappa shape index (κ3) is 7.92. The first-order valence-corrected chi connectivity index (χ1v) is 16.9. The van der Waals surface area contributed by atoms with Crippen LogP contribution in [0.1, 0.15) is 61.6 Å². The number of hydrogen-bond acceptors (Lipinski definition) is 9. The SMILES string of the molecule is O=C(CCCCc1cc(Cl)c(COC2(c3cnccc3-c3ccccc3OC3CC3)CC2)cc1Cl)N[C@@H]1[C@@H](O)[C@H](O)[C@@H](CO)O[C@H]1O. The number of aryl methyl sites for hydroxylation is 1. The molecule has 1 aromatic heterocycles. The summed E-state index contributed by atoms with van der Waals surface area (Å²) in [4.78, 5) is 16.9. The van der Waals surface area contributed by atoms with Crippen molar-refractivity contribution in [2.75, 3.05) is 6.61 Å². The van der Waals surface area contributed by atoms with E-state index < -0.39 is 48.8 Å². The van der Waals surface area contributed by atoms with Crippen molar-refractivity contribution in [2.24, 2.45) is 0 Å². The summed E-state index contributed by atoms with van der Waals surface area (Å²) >= 11 is 13.4. The molecule has 10 nitrogen and oxygen atoms in total. The molecule has 2 aromatic carbocycles. The lowest BCUT2D eigenvalue weighted by Crippen LogP contribution is -2.64. The number of para-hydroxylation sites is 1. The van der Waals surface area contributed by atoms with Gasteiger partial charge in [0.15, 0.2) is 6.29 Å². The molecule has 0 spiro atoms. The molecule has 2 saturated carbocycles. The Hall–Kier alpha value is -2.80. The van der Waals surface area contributed by atoms with Crippen molar-refractivity contribution < 1.29 is 39.4 Å². The van der Waals surface area contributed by atoms with Crippen molar-refractivity contribution in [1.82, 2.24) is 10.3 Å². The first kappa shape index (κ1) is 34.1. The highest BCUT2D eigenvalue weighted by Crippen LogP contribution is 2.53. The average Bonchev–Trinajstić information content (AvgIpc) is 4.01. The van der Waals surface area contributed by atoms with Crippen LogP contribution in [0.5, 0.6) is 5.75 Å². The van der Waals surface area contributed by atoms with Crippen molar-refractivity contribution >= 4 is 29.1 Å². The van der Waals surface area contributed by atoms with Crippen molar-refractivity contribution in [3.8, 4) is 16.9 Å². The molecular formula is C35H40Cl2N2O8. The molecule has 0 bridgehead atoms. The molecule has 1 saturated heterocycles. The predicted molar refractivity (Wildman–Crippen MR) is 175 cm³/mol. The molecular weight excluding hydrogens is 647 g/mol. The molecule has 3 aliphatic rings. The summed E-state index contributed by atoms with van der Waals surface area (Å²) in [5.74, 6) is 0.463. The number of hydrogen-bond donors (Lipinski definition) is 5. The third-order valence-corrected chi connectivity index (χ3v) is 9.76. The highest BCUT2D eigenvalue weighted by atomic mass is 35.5. The molecule has 12 heteroatoms. The van der Waals surface area contributed by atoms with Gasteiger partial charge in [-0.3, -0.25) is 9.78 Å². The van der Waals surface area contributed by atoms with Gasteiger partial charge in [0.1, 0.15) is 30.1 Å². The lowest BCUT2D eigenvalue weighted by Gasteiger charge is -2.40. The van der Waals surface area contributed by atoms with Crippen molar-refractivity contribution in [2.45, 2.75) is 100 Å². The first-order valence-electron chi connectivity index (χ1n) is 16.1. The van der Waals surface area contributed by atoms with Gasteiger partial charge < -0.3 is 40.0 Å². The maximum Gasteiger partial charge on any atom is 0.220 e. The van der Waals surface area contributed by atoms with Crippen LogP contribution in [0, 0.1) is 0 Å². The number of nitrogens with zero attached hydrogens (tertiary/aromatic N) is 1. The number of nitrogens with one attached hydrogen (secondary N) is 1. The second-order valence-corrected chi connectivity index (χ2v) is 13.4. The van der Waals surface area contributed by atoms with E-state index in [4.69, 9.17) is 37.4 Å². The smallest absolute Gasteiger partial charge is 0.220 e. The number of aliphatic hydroxyl groups is 4. The fourth-order valence-corrected chi connectivity index (χ4v) is 6.54. The van der Waals surface area contributed by atoms with Gasteiger partial charge in [-0.1, -0.05) is 41.4 Å². The first-order chi connectivity index (χ1) is 22.7. The molecule has 5 N–H and O–H groups in total. The van der Waals surface area contributed by atoms with Gasteiger partial charge in [0.05, 0.1) is 24.9 Å². The number of aromatic nitrogens is 1. The van der Waals surface area contributed by atoms with E-state index in [1.807, 2.05) is 42.6 Å². The Morgan fingerprint density at radius 2 is 1.74 bits per heavy atom. The summed E-state index contributed by atoms with van der Waals surface area (Å²) in [7, 11) is 0. The van der Waals surface area contributed by atoms with Crippen LogP contribution in [-0.2, 0) is 32.9 Å². The Bertz CT molecular complexity index is 1570. The van der Waals surface area contributed by atoms with E-state index in [-0.39, 0.29) is 19.1 Å². The molecule has 3 aromatic rings. The molecule has 3 fully saturated rings. The minimum absolute atomic E-state index is 0.127. The maximum absolute atomic E-state index is 12.5. The van der Waals surface area contributed by atoms with E-state index in [0.29, 0.717) is 29.3 Å². The van der Waals surface area contributed by atoms with Gasteiger partial charge in [-0.15, -0.1) is 0 Å². The highest BCUT2D eigenvalue weighted by molar-refractivity contribution is 6.34. The largest absolute Gasteiger partial charge is 0.490 e. The molecule has 2 heterocycles. The lowest BCUT2D eigenvalue weighted by atomic mass is 9.96. The van der Waals surface area contributed by atoms with E-state index in [9.17, 15) is 25.2 Å². The van der Waals surface area contributed by atoms with E-state index in [2.05, 4.69) is 16.4 Å². The molecule has 252 valence electrons. The summed E-state index contributed by atoms with van der Waals surface area (Å²) in [5.41, 5.74) is 4.27. The molecule has 0 radical (unpaired) electrons. The van der Waals surface area contributed by atoms with E-state index in [1.165, 1.54) is 0 Å². The zero-order valence-corrected chi connectivity index (χ0v) is 27.4. The summed E-state index contributed by atoms with van der Waals surface area (Å²) in [6.07, 6.45) is 4.12. The van der Waals surface area contributed by atoms with Crippen LogP contribution in [0.3, 0.4) is 0 Å². The standard InChI is InChI=1S/C35H40Cl2N2O8/c36-26-16-21(27(37)15-20(26)5-1-4-8-30(41)39-31-33(43)32(42)29(18-40)47-34(31)44)19-45-35(12-13-35)25-17-38-14-11-23(25)24-6-2-3-7-28(24)46-22-9-10-22/h2-3,6-7,11,14-17,22,29,31-34,40,42-44H,1,4-5,8-10,12-13,18-19H2,(H,39,41)/t29-,31-,32-,33-,34-/m1/s1. The van der Waals surface area contributed by atoms with Gasteiger partial charge in [-0.25, -0.2) is 0 Å². The molecule has 5 atom stereocenters. The second-order valence-electron chi connectivity index (χ2n) is 12.6. The van der Waals surface area contributed by atoms with Crippen LogP contribution in [-0.4, -0.2) is 74.7 Å². The van der Waals surface area contributed by atoms with Gasteiger partial charge in [-0.05, 0) is 85.9 Å². The lowest BCUT2D eigenvalue weighted by molar-refractivity contribution is -0.253. The number of ether oxygens (including phenoxy) is 3. The van der Waals surface area contributed by atoms with Gasteiger partial charge in [-0.2, -0.15) is 0 Å². The third-order valence-electron chi connectivity index (χ3n) is 9.06. The summed E-state index contributed by atoms with van der Waals surface area (Å²) in [6, 6.07) is 12.6. The predicted octanol–water partition coefficient (Wildman–Crippen LogP) is 4.43. The Morgan fingerprint density at radius 1 is 1.00 bits per heavy atom. The molecule has 6 rings (SSSR count). The van der Waals surface area contributed by atoms with Crippen LogP contribution in [0.4, 0.5) is 0 Å². The number of rotatable bonds is 14. The highest BCUT2D eigenvalue weighted by Gasteiger charge is 2.48. The minimum Gasteiger partial charge on any atom is -0.490 e. The quantitative estimate of drug-likeness (QED) is 0.155. The Morgan fingerprint density at radius 3 is 2.49 bits per heavy atom. The van der Waals surface area contributed by atoms with Crippen molar-refractivity contribution in [3.05, 3.63) is 81.6 Å². The number of aliphatic hydroxyl groups excluding tert-OH is 4. The monoisotopic (exact) mass is 686 g/mol. The van der Waals surface area contributed by atoms with E-state index >= 15 is 0 Å². The fraction of sp³-hybridized carbons (Fsp3) is 0.486. The summed E-state index contributed by atoms with van der Waals surface area (Å²) in [5, 5.41) is 43.2. The zero-order chi connectivity index (χ0) is 33.1. The minimum atomic E-state index is -1.55. The van der Waals surface area contributed by atoms with Crippen molar-refractivity contribution in [1.29, 1.82) is 0 Å². The molecule has 2 aliphatic carbocycles.